The van der Waals surface area contributed by atoms with E-state index >= 15 is 0 Å². The van der Waals surface area contributed by atoms with Gasteiger partial charge < -0.3 is 10.0 Å². The van der Waals surface area contributed by atoms with Gasteiger partial charge in [0.15, 0.2) is 0 Å². The Morgan fingerprint density at radius 3 is 2.95 bits per heavy atom. The smallest absolute Gasteiger partial charge is 0.308 e. The molecule has 1 amide bonds. The van der Waals surface area contributed by atoms with E-state index in [2.05, 4.69) is 0 Å². The molecule has 0 spiro atoms. The van der Waals surface area contributed by atoms with Gasteiger partial charge in [0.05, 0.1) is 5.92 Å². The van der Waals surface area contributed by atoms with Crippen LogP contribution in [0.1, 0.15) is 18.4 Å². The summed E-state index contributed by atoms with van der Waals surface area (Å²) in [6.07, 6.45) is 1.22. The Bertz CT molecular complexity index is 489. The first kappa shape index (κ1) is 13.5. The Labute approximate surface area is 110 Å². The maximum Gasteiger partial charge on any atom is 0.308 e. The number of benzene rings is 1. The molecule has 0 aromatic heterocycles. The molecule has 2 rings (SSSR count). The number of likely N-dealkylation sites (tertiary alicyclic amines) is 1. The fraction of sp³-hybridized carbons (Fsp3) is 0.429. The van der Waals surface area contributed by atoms with Crippen molar-refractivity contribution in [3.8, 4) is 0 Å². The number of rotatable bonds is 4. The SMILES string of the molecule is O=C(O)C1CCC(=O)N(CCc2cccc(F)c2)C1. The molecule has 1 aromatic rings. The van der Waals surface area contributed by atoms with Gasteiger partial charge in [-0.25, -0.2) is 4.39 Å². The summed E-state index contributed by atoms with van der Waals surface area (Å²) < 4.78 is 13.0. The zero-order chi connectivity index (χ0) is 13.8. The minimum atomic E-state index is -0.858. The standard InChI is InChI=1S/C14H16FNO3/c15-12-3-1-2-10(8-12)6-7-16-9-11(14(18)19)4-5-13(16)17/h1-3,8,11H,4-7,9H2,(H,18,19). The molecule has 4 nitrogen and oxygen atoms in total. The van der Waals surface area contributed by atoms with Crippen LogP contribution in [0, 0.1) is 11.7 Å². The summed E-state index contributed by atoms with van der Waals surface area (Å²) in [7, 11) is 0. The van der Waals surface area contributed by atoms with Crippen molar-refractivity contribution in [1.29, 1.82) is 0 Å². The van der Waals surface area contributed by atoms with Gasteiger partial charge >= 0.3 is 5.97 Å². The summed E-state index contributed by atoms with van der Waals surface area (Å²) in [4.78, 5) is 24.2. The molecule has 102 valence electrons. The molecule has 0 aliphatic carbocycles. The second-order valence-electron chi connectivity index (χ2n) is 4.79. The molecule has 1 atom stereocenters. The number of nitrogens with zero attached hydrogens (tertiary/aromatic N) is 1. The second kappa shape index (κ2) is 5.82. The van der Waals surface area contributed by atoms with E-state index in [4.69, 9.17) is 5.11 Å². The van der Waals surface area contributed by atoms with Crippen molar-refractivity contribution in [2.75, 3.05) is 13.1 Å². The minimum Gasteiger partial charge on any atom is -0.481 e. The molecule has 1 aliphatic heterocycles. The Kier molecular flexibility index (Phi) is 4.14. The molecule has 1 N–H and O–H groups in total. The van der Waals surface area contributed by atoms with Crippen LogP contribution in [0.3, 0.4) is 0 Å². The van der Waals surface area contributed by atoms with Crippen LogP contribution < -0.4 is 0 Å². The van der Waals surface area contributed by atoms with E-state index in [9.17, 15) is 14.0 Å². The molecule has 0 radical (unpaired) electrons. The molecule has 1 unspecified atom stereocenters. The second-order valence-corrected chi connectivity index (χ2v) is 4.79. The van der Waals surface area contributed by atoms with Crippen LogP contribution in [0.25, 0.3) is 0 Å². The Hall–Kier alpha value is -1.91. The number of hydrogen-bond acceptors (Lipinski definition) is 2. The summed E-state index contributed by atoms with van der Waals surface area (Å²) in [6.45, 7) is 0.690. The molecule has 0 saturated carbocycles. The third-order valence-corrected chi connectivity index (χ3v) is 3.41. The number of carbonyl (C=O) groups excluding carboxylic acids is 1. The van der Waals surface area contributed by atoms with Crippen molar-refractivity contribution in [1.82, 2.24) is 4.90 Å². The van der Waals surface area contributed by atoms with Crippen LogP contribution in [0.4, 0.5) is 4.39 Å². The van der Waals surface area contributed by atoms with Crippen molar-refractivity contribution < 1.29 is 19.1 Å². The van der Waals surface area contributed by atoms with Gasteiger partial charge in [-0.05, 0) is 30.5 Å². The Morgan fingerprint density at radius 1 is 1.47 bits per heavy atom. The van der Waals surface area contributed by atoms with Crippen molar-refractivity contribution in [3.63, 3.8) is 0 Å². The van der Waals surface area contributed by atoms with Crippen LogP contribution in [-0.2, 0) is 16.0 Å². The fourth-order valence-electron chi connectivity index (χ4n) is 2.29. The van der Waals surface area contributed by atoms with Crippen molar-refractivity contribution in [2.45, 2.75) is 19.3 Å². The lowest BCUT2D eigenvalue weighted by atomic mass is 9.97. The van der Waals surface area contributed by atoms with Crippen LogP contribution >= 0.6 is 0 Å². The van der Waals surface area contributed by atoms with E-state index in [1.54, 1.807) is 17.0 Å². The predicted octanol–water partition coefficient (Wildman–Crippen LogP) is 1.69. The molecule has 1 fully saturated rings. The summed E-state index contributed by atoms with van der Waals surface area (Å²) >= 11 is 0. The normalized spacial score (nSPS) is 19.5. The zero-order valence-corrected chi connectivity index (χ0v) is 10.5. The third-order valence-electron chi connectivity index (χ3n) is 3.41. The number of hydrogen-bond donors (Lipinski definition) is 1. The lowest BCUT2D eigenvalue weighted by molar-refractivity contribution is -0.147. The number of piperidine rings is 1. The molecule has 19 heavy (non-hydrogen) atoms. The fourth-order valence-corrected chi connectivity index (χ4v) is 2.29. The molecular formula is C14H16FNO3. The average molecular weight is 265 g/mol. The number of aliphatic carboxylic acids is 1. The monoisotopic (exact) mass is 265 g/mol. The number of amides is 1. The largest absolute Gasteiger partial charge is 0.481 e. The van der Waals surface area contributed by atoms with E-state index in [0.29, 0.717) is 19.4 Å². The summed E-state index contributed by atoms with van der Waals surface area (Å²) in [6, 6.07) is 6.23. The number of carboxylic acid groups (broad SMARTS) is 1. The highest BCUT2D eigenvalue weighted by Gasteiger charge is 2.29. The van der Waals surface area contributed by atoms with E-state index in [-0.39, 0.29) is 24.7 Å². The number of carboxylic acids is 1. The maximum atomic E-state index is 13.0. The van der Waals surface area contributed by atoms with Crippen LogP contribution in [0.15, 0.2) is 24.3 Å². The van der Waals surface area contributed by atoms with E-state index in [0.717, 1.165) is 5.56 Å². The number of halogens is 1. The van der Waals surface area contributed by atoms with Crippen LogP contribution in [0.5, 0.6) is 0 Å². The Balaban J connectivity index is 1.94. The van der Waals surface area contributed by atoms with E-state index in [1.807, 2.05) is 0 Å². The lowest BCUT2D eigenvalue weighted by Crippen LogP contribution is -2.43. The summed E-state index contributed by atoms with van der Waals surface area (Å²) in [5.41, 5.74) is 0.810. The maximum absolute atomic E-state index is 13.0. The van der Waals surface area contributed by atoms with Crippen molar-refractivity contribution >= 4 is 11.9 Å². The predicted molar refractivity (Wildman–Crippen MR) is 67.0 cm³/mol. The lowest BCUT2D eigenvalue weighted by Gasteiger charge is -2.30. The highest BCUT2D eigenvalue weighted by atomic mass is 19.1. The van der Waals surface area contributed by atoms with Gasteiger partial charge in [0.25, 0.3) is 0 Å². The van der Waals surface area contributed by atoms with Gasteiger partial charge in [0.1, 0.15) is 5.82 Å². The van der Waals surface area contributed by atoms with Gasteiger partial charge in [-0.3, -0.25) is 9.59 Å². The van der Waals surface area contributed by atoms with Crippen molar-refractivity contribution in [3.05, 3.63) is 35.6 Å². The zero-order valence-electron chi connectivity index (χ0n) is 10.5. The van der Waals surface area contributed by atoms with Gasteiger partial charge in [0.2, 0.25) is 5.91 Å². The highest BCUT2D eigenvalue weighted by Crippen LogP contribution is 2.18. The Morgan fingerprint density at radius 2 is 2.26 bits per heavy atom. The van der Waals surface area contributed by atoms with E-state index in [1.165, 1.54) is 12.1 Å². The molecular weight excluding hydrogens is 249 g/mol. The molecule has 1 heterocycles. The van der Waals surface area contributed by atoms with E-state index < -0.39 is 11.9 Å². The van der Waals surface area contributed by atoms with Gasteiger partial charge in [-0.2, -0.15) is 0 Å². The first-order chi connectivity index (χ1) is 9.06. The van der Waals surface area contributed by atoms with Crippen LogP contribution in [-0.4, -0.2) is 35.0 Å². The molecule has 1 aliphatic rings. The molecule has 1 saturated heterocycles. The quantitative estimate of drug-likeness (QED) is 0.901. The topological polar surface area (TPSA) is 57.6 Å². The minimum absolute atomic E-state index is 0.0195. The third kappa shape index (κ3) is 3.53. The first-order valence-electron chi connectivity index (χ1n) is 6.31. The van der Waals surface area contributed by atoms with Crippen molar-refractivity contribution in [2.24, 2.45) is 5.92 Å². The molecule has 0 bridgehead atoms. The number of carbonyl (C=O) groups is 2. The molecule has 5 heteroatoms. The van der Waals surface area contributed by atoms with Gasteiger partial charge in [0, 0.05) is 19.5 Å². The van der Waals surface area contributed by atoms with Gasteiger partial charge in [-0.1, -0.05) is 12.1 Å². The average Bonchev–Trinajstić information content (AvgIpc) is 2.37. The summed E-state index contributed by atoms with van der Waals surface area (Å²) in [5.74, 6) is -1.66. The van der Waals surface area contributed by atoms with Gasteiger partial charge in [-0.15, -0.1) is 0 Å². The van der Waals surface area contributed by atoms with Crippen LogP contribution in [0.2, 0.25) is 0 Å². The highest BCUT2D eigenvalue weighted by molar-refractivity contribution is 5.80. The first-order valence-corrected chi connectivity index (χ1v) is 6.31. The molecule has 1 aromatic carbocycles. The summed E-state index contributed by atoms with van der Waals surface area (Å²) in [5, 5.41) is 8.98.